The summed E-state index contributed by atoms with van der Waals surface area (Å²) < 4.78 is 4.94. The van der Waals surface area contributed by atoms with Gasteiger partial charge in [0.25, 0.3) is 0 Å². The number of thiophene rings is 1. The molecule has 0 aliphatic heterocycles. The molecule has 0 fully saturated rings. The lowest BCUT2D eigenvalue weighted by molar-refractivity contribution is 0.210. The lowest BCUT2D eigenvalue weighted by Gasteiger charge is -1.99. The molecule has 80 valence electrons. The number of nitrogens with zero attached hydrogens (tertiary/aromatic N) is 1. The third-order valence-electron chi connectivity index (χ3n) is 1.98. The average molecular weight is 223 g/mol. The van der Waals surface area contributed by atoms with Gasteiger partial charge in [-0.3, -0.25) is 5.10 Å². The number of hydrogen-bond acceptors (Lipinski definition) is 4. The van der Waals surface area contributed by atoms with E-state index in [2.05, 4.69) is 21.6 Å². The van der Waals surface area contributed by atoms with Gasteiger partial charge in [-0.1, -0.05) is 6.07 Å². The van der Waals surface area contributed by atoms with Crippen molar-refractivity contribution in [3.05, 3.63) is 23.6 Å². The number of H-pyrrole nitrogens is 1. The van der Waals surface area contributed by atoms with Crippen LogP contribution in [0.4, 0.5) is 5.82 Å². The molecule has 0 bridgehead atoms. The first-order chi connectivity index (χ1) is 7.40. The average Bonchev–Trinajstić information content (AvgIpc) is 2.87. The van der Waals surface area contributed by atoms with Gasteiger partial charge in [0.15, 0.2) is 0 Å². The molecule has 15 heavy (non-hydrogen) atoms. The summed E-state index contributed by atoms with van der Waals surface area (Å²) >= 11 is 1.69. The molecule has 0 atom stereocenters. The lowest BCUT2D eigenvalue weighted by Crippen LogP contribution is -2.07. The number of ether oxygens (including phenoxy) is 1. The number of anilines is 1. The maximum absolute atomic E-state index is 4.94. The SMILES string of the molecule is COCCNc1cc(-c2cccs2)[nH]n1. The molecule has 0 aliphatic rings. The van der Waals surface area contributed by atoms with Crippen molar-refractivity contribution in [3.63, 3.8) is 0 Å². The molecule has 0 aliphatic carbocycles. The van der Waals surface area contributed by atoms with Gasteiger partial charge < -0.3 is 10.1 Å². The van der Waals surface area contributed by atoms with Crippen LogP contribution >= 0.6 is 11.3 Å². The summed E-state index contributed by atoms with van der Waals surface area (Å²) in [6.07, 6.45) is 0. The highest BCUT2D eigenvalue weighted by Crippen LogP contribution is 2.24. The Morgan fingerprint density at radius 2 is 2.53 bits per heavy atom. The van der Waals surface area contributed by atoms with Crippen LogP contribution in [0, 0.1) is 0 Å². The number of rotatable bonds is 5. The maximum atomic E-state index is 4.94. The van der Waals surface area contributed by atoms with Crippen LogP contribution in [-0.2, 0) is 4.74 Å². The van der Waals surface area contributed by atoms with Crippen LogP contribution < -0.4 is 5.32 Å². The minimum atomic E-state index is 0.682. The summed E-state index contributed by atoms with van der Waals surface area (Å²) in [5.41, 5.74) is 1.05. The van der Waals surface area contributed by atoms with Gasteiger partial charge in [-0.2, -0.15) is 5.10 Å². The Morgan fingerprint density at radius 1 is 1.60 bits per heavy atom. The van der Waals surface area contributed by atoms with Gasteiger partial charge in [-0.25, -0.2) is 0 Å². The molecule has 2 N–H and O–H groups in total. The van der Waals surface area contributed by atoms with E-state index in [9.17, 15) is 0 Å². The summed E-state index contributed by atoms with van der Waals surface area (Å²) in [5, 5.41) is 12.4. The normalized spacial score (nSPS) is 10.5. The second-order valence-corrected chi connectivity index (χ2v) is 4.01. The van der Waals surface area contributed by atoms with Crippen LogP contribution in [0.15, 0.2) is 23.6 Å². The van der Waals surface area contributed by atoms with Crippen LogP contribution in [0.3, 0.4) is 0 Å². The third-order valence-corrected chi connectivity index (χ3v) is 2.88. The van der Waals surface area contributed by atoms with Crippen molar-refractivity contribution < 1.29 is 4.74 Å². The number of hydrogen-bond donors (Lipinski definition) is 2. The monoisotopic (exact) mass is 223 g/mol. The quantitative estimate of drug-likeness (QED) is 0.764. The number of nitrogens with one attached hydrogen (secondary N) is 2. The van der Waals surface area contributed by atoms with E-state index in [1.54, 1.807) is 18.4 Å². The molecule has 4 nitrogen and oxygen atoms in total. The van der Waals surface area contributed by atoms with Crippen molar-refractivity contribution in [2.75, 3.05) is 25.6 Å². The van der Waals surface area contributed by atoms with Gasteiger partial charge in [0.05, 0.1) is 17.2 Å². The molecule has 0 saturated heterocycles. The van der Waals surface area contributed by atoms with Crippen LogP contribution in [0.5, 0.6) is 0 Å². The fourth-order valence-electron chi connectivity index (χ4n) is 1.25. The maximum Gasteiger partial charge on any atom is 0.148 e. The zero-order valence-corrected chi connectivity index (χ0v) is 9.30. The first-order valence-corrected chi connectivity index (χ1v) is 5.60. The lowest BCUT2D eigenvalue weighted by atomic mass is 10.3. The second-order valence-electron chi connectivity index (χ2n) is 3.06. The number of aromatic nitrogens is 2. The largest absolute Gasteiger partial charge is 0.383 e. The van der Waals surface area contributed by atoms with Crippen molar-refractivity contribution in [2.24, 2.45) is 0 Å². The van der Waals surface area contributed by atoms with Gasteiger partial charge in [0.1, 0.15) is 5.82 Å². The summed E-state index contributed by atoms with van der Waals surface area (Å²) in [6.45, 7) is 1.45. The van der Waals surface area contributed by atoms with E-state index in [1.807, 2.05) is 17.5 Å². The molecule has 0 aromatic carbocycles. The third kappa shape index (κ3) is 2.57. The van der Waals surface area contributed by atoms with Crippen LogP contribution in [0.25, 0.3) is 10.6 Å². The van der Waals surface area contributed by atoms with E-state index in [-0.39, 0.29) is 0 Å². The van der Waals surface area contributed by atoms with E-state index in [0.29, 0.717) is 6.61 Å². The Hall–Kier alpha value is -1.33. The van der Waals surface area contributed by atoms with E-state index >= 15 is 0 Å². The van der Waals surface area contributed by atoms with Crippen molar-refractivity contribution in [1.29, 1.82) is 0 Å². The van der Waals surface area contributed by atoms with Gasteiger partial charge in [-0.15, -0.1) is 11.3 Å². The number of methoxy groups -OCH3 is 1. The Bertz CT molecular complexity index is 396. The first-order valence-electron chi connectivity index (χ1n) is 4.72. The standard InChI is InChI=1S/C10H13N3OS/c1-14-5-4-11-10-7-8(12-13-10)9-3-2-6-15-9/h2-3,6-7H,4-5H2,1H3,(H2,11,12,13). The molecule has 2 aromatic rings. The topological polar surface area (TPSA) is 49.9 Å². The molecule has 0 saturated carbocycles. The number of aromatic amines is 1. The minimum Gasteiger partial charge on any atom is -0.383 e. The summed E-state index contributed by atoms with van der Waals surface area (Å²) in [5.74, 6) is 0.857. The fraction of sp³-hybridized carbons (Fsp3) is 0.300. The molecule has 5 heteroatoms. The van der Waals surface area contributed by atoms with Crippen molar-refractivity contribution in [1.82, 2.24) is 10.2 Å². The molecule has 2 heterocycles. The predicted molar refractivity (Wildman–Crippen MR) is 62.3 cm³/mol. The van der Waals surface area contributed by atoms with Gasteiger partial charge in [0, 0.05) is 19.7 Å². The Balaban J connectivity index is 1.98. The first kappa shape index (κ1) is 10.2. The molecule has 2 aromatic heterocycles. The zero-order valence-electron chi connectivity index (χ0n) is 8.49. The fourth-order valence-corrected chi connectivity index (χ4v) is 1.94. The van der Waals surface area contributed by atoms with E-state index in [0.717, 1.165) is 18.1 Å². The van der Waals surface area contributed by atoms with Crippen molar-refractivity contribution in [3.8, 4) is 10.6 Å². The smallest absolute Gasteiger partial charge is 0.148 e. The molecular formula is C10H13N3OS. The van der Waals surface area contributed by atoms with Crippen LogP contribution in [-0.4, -0.2) is 30.5 Å². The van der Waals surface area contributed by atoms with E-state index < -0.39 is 0 Å². The Labute approximate surface area is 92.3 Å². The van der Waals surface area contributed by atoms with Crippen LogP contribution in [0.1, 0.15) is 0 Å². The zero-order chi connectivity index (χ0) is 10.5. The summed E-state index contributed by atoms with van der Waals surface area (Å²) in [7, 11) is 1.68. The molecule has 0 amide bonds. The minimum absolute atomic E-state index is 0.682. The molecule has 0 spiro atoms. The Morgan fingerprint density at radius 3 is 3.27 bits per heavy atom. The molecule has 0 radical (unpaired) electrons. The van der Waals surface area contributed by atoms with Gasteiger partial charge >= 0.3 is 0 Å². The highest BCUT2D eigenvalue weighted by molar-refractivity contribution is 7.13. The summed E-state index contributed by atoms with van der Waals surface area (Å²) in [6, 6.07) is 6.09. The Kier molecular flexibility index (Phi) is 3.37. The van der Waals surface area contributed by atoms with Crippen molar-refractivity contribution >= 4 is 17.2 Å². The highest BCUT2D eigenvalue weighted by Gasteiger charge is 2.03. The molecule has 0 unspecified atom stereocenters. The highest BCUT2D eigenvalue weighted by atomic mass is 32.1. The summed E-state index contributed by atoms with van der Waals surface area (Å²) in [4.78, 5) is 1.20. The van der Waals surface area contributed by atoms with Gasteiger partial charge in [0.2, 0.25) is 0 Å². The van der Waals surface area contributed by atoms with E-state index in [1.165, 1.54) is 4.88 Å². The molecule has 2 rings (SSSR count). The predicted octanol–water partition coefficient (Wildman–Crippen LogP) is 2.20. The molecular weight excluding hydrogens is 210 g/mol. The van der Waals surface area contributed by atoms with Gasteiger partial charge in [-0.05, 0) is 11.4 Å². The second kappa shape index (κ2) is 4.95. The van der Waals surface area contributed by atoms with Crippen molar-refractivity contribution in [2.45, 2.75) is 0 Å². The van der Waals surface area contributed by atoms with Crippen LogP contribution in [0.2, 0.25) is 0 Å². The van der Waals surface area contributed by atoms with E-state index in [4.69, 9.17) is 4.74 Å².